The van der Waals surface area contributed by atoms with Crippen LogP contribution in [0.15, 0.2) is 116 Å². The topological polar surface area (TPSA) is 151 Å². The van der Waals surface area contributed by atoms with Gasteiger partial charge in [0.25, 0.3) is 5.91 Å². The molecule has 296 valence electrons. The average molecular weight is 781 g/mol. The summed E-state index contributed by atoms with van der Waals surface area (Å²) in [5.74, 6) is 0.536. The van der Waals surface area contributed by atoms with Crippen LogP contribution < -0.4 is 5.32 Å². The van der Waals surface area contributed by atoms with Crippen molar-refractivity contribution in [2.45, 2.75) is 49.9 Å². The lowest BCUT2D eigenvalue weighted by molar-refractivity contribution is -0.137. The molecule has 4 aromatic carbocycles. The first kappa shape index (κ1) is 38.3. The van der Waals surface area contributed by atoms with Crippen LogP contribution in [0.1, 0.15) is 72.6 Å². The first-order valence-electron chi connectivity index (χ1n) is 19.5. The van der Waals surface area contributed by atoms with Crippen LogP contribution in [-0.2, 0) is 9.59 Å². The molecule has 0 saturated carbocycles. The fourth-order valence-electron chi connectivity index (χ4n) is 8.33. The molecule has 2 saturated heterocycles. The van der Waals surface area contributed by atoms with Crippen molar-refractivity contribution in [3.05, 3.63) is 144 Å². The maximum atomic E-state index is 14.8. The van der Waals surface area contributed by atoms with Crippen LogP contribution in [0.5, 0.6) is 0 Å². The molecule has 0 aliphatic carbocycles. The van der Waals surface area contributed by atoms with Gasteiger partial charge >= 0.3 is 6.09 Å². The number of carboxylic acid groups (broad SMARTS) is 1. The largest absolute Gasteiger partial charge is 0.465 e. The Labute approximate surface area is 335 Å². The van der Waals surface area contributed by atoms with E-state index in [4.69, 9.17) is 4.98 Å². The van der Waals surface area contributed by atoms with Crippen LogP contribution in [0.4, 0.5) is 9.18 Å². The molecule has 6 aromatic rings. The molecule has 0 radical (unpaired) electrons. The highest BCUT2D eigenvalue weighted by Gasteiger charge is 2.39. The number of nitrogens with zero attached hydrogens (tertiary/aromatic N) is 5. The number of benzene rings is 4. The van der Waals surface area contributed by atoms with Crippen LogP contribution in [-0.4, -0.2) is 84.8 Å². The van der Waals surface area contributed by atoms with Gasteiger partial charge in [0.1, 0.15) is 29.5 Å². The number of likely N-dealkylation sites (tertiary alicyclic amines) is 2. The number of carbonyl (C=O) groups excluding carboxylic acids is 2. The Kier molecular flexibility index (Phi) is 10.9. The maximum absolute atomic E-state index is 14.8. The summed E-state index contributed by atoms with van der Waals surface area (Å²) in [4.78, 5) is 60.8. The highest BCUT2D eigenvalue weighted by molar-refractivity contribution is 5.87. The van der Waals surface area contributed by atoms with E-state index in [1.807, 2.05) is 35.2 Å². The number of imidazole rings is 2. The molecule has 0 bridgehead atoms. The standard InChI is InChI=1S/C45H45FN8O4/c1-52(2)40(33-12-6-7-13-34(33)46)44(56)54-25-9-15-38(54)42-48-27-36(50-42)31-22-18-29(19-23-31)28-16-20-30(21-17-28)35-26-47-41(49-35)37-14-8-24-53(37)43(55)39(51-45(57)58)32-10-4-3-5-11-32/h3-7,10-13,16-23,26-27,37-40,51H,8-9,14-15,24-25H2,1-2H3,(H,47,49)(H,48,50)(H,57,58)/t37-,38-,39+,40?/m0/s1. The molecule has 8 rings (SSSR count). The van der Waals surface area contributed by atoms with Crippen molar-refractivity contribution in [2.24, 2.45) is 0 Å². The second kappa shape index (κ2) is 16.5. The van der Waals surface area contributed by atoms with Gasteiger partial charge in [-0.25, -0.2) is 19.2 Å². The van der Waals surface area contributed by atoms with Crippen molar-refractivity contribution in [1.82, 2.24) is 40.0 Å². The summed E-state index contributed by atoms with van der Waals surface area (Å²) < 4.78 is 14.8. The number of aromatic nitrogens is 4. The number of aromatic amines is 2. The van der Waals surface area contributed by atoms with E-state index in [-0.39, 0.29) is 23.9 Å². The van der Waals surface area contributed by atoms with Crippen LogP contribution >= 0.6 is 0 Å². The van der Waals surface area contributed by atoms with Crippen molar-refractivity contribution in [3.63, 3.8) is 0 Å². The highest BCUT2D eigenvalue weighted by Crippen LogP contribution is 2.37. The lowest BCUT2D eigenvalue weighted by atomic mass is 10.0. The van der Waals surface area contributed by atoms with Crippen molar-refractivity contribution in [3.8, 4) is 33.6 Å². The van der Waals surface area contributed by atoms with Gasteiger partial charge in [0.05, 0.1) is 35.9 Å². The molecule has 58 heavy (non-hydrogen) atoms. The van der Waals surface area contributed by atoms with Crippen molar-refractivity contribution in [2.75, 3.05) is 27.2 Å². The van der Waals surface area contributed by atoms with Gasteiger partial charge < -0.3 is 30.2 Å². The van der Waals surface area contributed by atoms with Gasteiger partial charge in [0.2, 0.25) is 5.91 Å². The first-order valence-corrected chi connectivity index (χ1v) is 19.5. The number of likely N-dealkylation sites (N-methyl/N-ethyl adjacent to an activating group) is 1. The third-order valence-electron chi connectivity index (χ3n) is 11.2. The Morgan fingerprint density at radius 1 is 0.707 bits per heavy atom. The Hall–Kier alpha value is -6.60. The van der Waals surface area contributed by atoms with Gasteiger partial charge in [-0.3, -0.25) is 14.5 Å². The monoisotopic (exact) mass is 780 g/mol. The second-order valence-electron chi connectivity index (χ2n) is 15.1. The molecule has 4 N–H and O–H groups in total. The molecule has 2 aliphatic heterocycles. The molecule has 3 amide bonds. The second-order valence-corrected chi connectivity index (χ2v) is 15.1. The third kappa shape index (κ3) is 7.72. The van der Waals surface area contributed by atoms with E-state index >= 15 is 0 Å². The smallest absolute Gasteiger partial charge is 0.405 e. The van der Waals surface area contributed by atoms with E-state index in [2.05, 4.69) is 44.5 Å². The zero-order valence-electron chi connectivity index (χ0n) is 32.3. The number of carbonyl (C=O) groups is 3. The van der Waals surface area contributed by atoms with Gasteiger partial charge in [-0.2, -0.15) is 0 Å². The predicted molar refractivity (Wildman–Crippen MR) is 218 cm³/mol. The lowest BCUT2D eigenvalue weighted by Crippen LogP contribution is -2.42. The van der Waals surface area contributed by atoms with E-state index in [9.17, 15) is 23.9 Å². The van der Waals surface area contributed by atoms with Gasteiger partial charge in [0.15, 0.2) is 0 Å². The molecule has 4 heterocycles. The van der Waals surface area contributed by atoms with E-state index in [0.717, 1.165) is 59.3 Å². The van der Waals surface area contributed by atoms with Gasteiger partial charge in [-0.1, -0.05) is 97.1 Å². The first-order chi connectivity index (χ1) is 28.2. The van der Waals surface area contributed by atoms with Crippen molar-refractivity contribution in [1.29, 1.82) is 0 Å². The number of hydrogen-bond donors (Lipinski definition) is 4. The molecule has 2 fully saturated rings. The van der Waals surface area contributed by atoms with E-state index in [0.29, 0.717) is 35.9 Å². The summed E-state index contributed by atoms with van der Waals surface area (Å²) >= 11 is 0. The summed E-state index contributed by atoms with van der Waals surface area (Å²) in [6.07, 6.45) is 5.42. The van der Waals surface area contributed by atoms with E-state index < -0.39 is 24.0 Å². The Balaban J connectivity index is 0.932. The fourth-order valence-corrected chi connectivity index (χ4v) is 8.33. The van der Waals surface area contributed by atoms with Gasteiger partial charge in [-0.15, -0.1) is 0 Å². The Morgan fingerprint density at radius 3 is 1.69 bits per heavy atom. The van der Waals surface area contributed by atoms with Gasteiger partial charge in [0, 0.05) is 18.7 Å². The van der Waals surface area contributed by atoms with Gasteiger partial charge in [-0.05, 0) is 73.7 Å². The quantitative estimate of drug-likeness (QED) is 0.104. The zero-order chi connectivity index (χ0) is 40.3. The minimum atomic E-state index is -1.26. The predicted octanol–water partition coefficient (Wildman–Crippen LogP) is 7.91. The summed E-state index contributed by atoms with van der Waals surface area (Å²) in [5.41, 5.74) is 6.61. The number of halogens is 1. The Morgan fingerprint density at radius 2 is 1.19 bits per heavy atom. The zero-order valence-corrected chi connectivity index (χ0v) is 32.3. The van der Waals surface area contributed by atoms with E-state index in [1.54, 1.807) is 78.8 Å². The minimum absolute atomic E-state index is 0.143. The Bertz CT molecular complexity index is 2400. The number of hydrogen-bond acceptors (Lipinski definition) is 6. The maximum Gasteiger partial charge on any atom is 0.405 e. The third-order valence-corrected chi connectivity index (χ3v) is 11.2. The number of rotatable bonds is 11. The number of nitrogens with one attached hydrogen (secondary N) is 3. The molecular weight excluding hydrogens is 736 g/mol. The highest BCUT2D eigenvalue weighted by atomic mass is 19.1. The van der Waals surface area contributed by atoms with Crippen LogP contribution in [0.25, 0.3) is 33.6 Å². The summed E-state index contributed by atoms with van der Waals surface area (Å²) in [5, 5.41) is 11.9. The molecule has 2 aliphatic rings. The lowest BCUT2D eigenvalue weighted by Gasteiger charge is -2.31. The molecule has 2 aromatic heterocycles. The van der Waals surface area contributed by atoms with Crippen molar-refractivity contribution >= 4 is 17.9 Å². The summed E-state index contributed by atoms with van der Waals surface area (Å²) in [7, 11) is 3.59. The molecular formula is C45H45FN8O4. The van der Waals surface area contributed by atoms with E-state index in [1.165, 1.54) is 6.07 Å². The molecule has 0 spiro atoms. The fraction of sp³-hybridized carbons (Fsp3) is 0.267. The normalized spacial score (nSPS) is 17.7. The molecule has 4 atom stereocenters. The summed E-state index contributed by atoms with van der Waals surface area (Å²) in [6.45, 7) is 1.09. The minimum Gasteiger partial charge on any atom is -0.465 e. The van der Waals surface area contributed by atoms with Crippen LogP contribution in [0.2, 0.25) is 0 Å². The number of amides is 3. The molecule has 13 heteroatoms. The average Bonchev–Trinajstić information content (AvgIpc) is 4.08. The molecule has 1 unspecified atom stereocenters. The van der Waals surface area contributed by atoms with Crippen molar-refractivity contribution < 1.29 is 23.9 Å². The molecule has 12 nitrogen and oxygen atoms in total. The SMILES string of the molecule is CN(C)C(C(=O)N1CCC[C@H]1c1ncc(-c2ccc(-c3ccc(-c4cnc([C@@H]5CCCN5C(=O)[C@H](NC(=O)O)c5ccccc5)[nH]4)cc3)cc2)[nH]1)c1ccccc1F. The van der Waals surface area contributed by atoms with Crippen LogP contribution in [0, 0.1) is 5.82 Å². The van der Waals surface area contributed by atoms with Crippen LogP contribution in [0.3, 0.4) is 0 Å². The number of H-pyrrole nitrogens is 2. The summed E-state index contributed by atoms with van der Waals surface area (Å²) in [6, 6.07) is 29.5.